The number of nitrogens with one attached hydrogen (secondary N) is 3. The van der Waals surface area contributed by atoms with Crippen LogP contribution in [0.3, 0.4) is 0 Å². The van der Waals surface area contributed by atoms with E-state index in [4.69, 9.17) is 27.3 Å². The number of benzene rings is 7. The second-order valence-electron chi connectivity index (χ2n) is 22.5. The van der Waals surface area contributed by atoms with Crippen LogP contribution in [0, 0.1) is 52.6 Å². The molecule has 0 bridgehead atoms. The average Bonchev–Trinajstić information content (AvgIpc) is 0.843. The van der Waals surface area contributed by atoms with Crippen molar-refractivity contribution in [2.75, 3.05) is 95.4 Å². The number of carbonyl (C=O) groups excluding carboxylic acids is 2. The highest BCUT2D eigenvalue weighted by molar-refractivity contribution is 8.13. The zero-order valence-corrected chi connectivity index (χ0v) is 62.5. The number of halogens is 3. The number of aliphatic hydroxyl groups is 1. The van der Waals surface area contributed by atoms with Crippen molar-refractivity contribution < 1.29 is 65.6 Å². The molecular formula is C68H85ClF2N12O13S5. The maximum Gasteiger partial charge on any atom is 0.253 e. The van der Waals surface area contributed by atoms with Crippen molar-refractivity contribution in [2.45, 2.75) is 65.3 Å². The first-order valence-electron chi connectivity index (χ1n) is 30.3. The predicted molar refractivity (Wildman–Crippen MR) is 394 cm³/mol. The van der Waals surface area contributed by atoms with E-state index in [1.807, 2.05) is 38.1 Å². The van der Waals surface area contributed by atoms with Crippen molar-refractivity contribution in [3.05, 3.63) is 219 Å². The van der Waals surface area contributed by atoms with Crippen LogP contribution >= 0.6 is 10.7 Å². The number of hydrogen-bond acceptors (Lipinski definition) is 19. The number of amides is 2. The molecule has 0 saturated carbocycles. The fraction of sp³-hybridized carbons (Fsp3) is 0.309. The molecule has 0 aliphatic rings. The smallest absolute Gasteiger partial charge is 0.253 e. The van der Waals surface area contributed by atoms with Crippen LogP contribution in [0.5, 0.6) is 0 Å². The first kappa shape index (κ1) is 87.8. The Morgan fingerprint density at radius 3 is 1.45 bits per heavy atom. The highest BCUT2D eigenvalue weighted by atomic mass is 35.7. The van der Waals surface area contributed by atoms with Crippen LogP contribution in [0.15, 0.2) is 158 Å². The van der Waals surface area contributed by atoms with E-state index in [1.165, 1.54) is 49.9 Å². The second-order valence-corrected chi connectivity index (χ2v) is 33.4. The molecule has 8 N–H and O–H groups in total. The molecule has 0 unspecified atom stereocenters. The average molecular weight is 1510 g/mol. The molecule has 0 saturated heterocycles. The Morgan fingerprint density at radius 2 is 1.00 bits per heavy atom. The lowest BCUT2D eigenvalue weighted by atomic mass is 9.99. The molecule has 0 aromatic heterocycles. The molecule has 0 fully saturated rings. The van der Waals surface area contributed by atoms with E-state index >= 15 is 0 Å². The van der Waals surface area contributed by atoms with Gasteiger partial charge in [-0.3, -0.25) is 27.2 Å². The minimum Gasteiger partial charge on any atom is -0.399 e. The molecule has 2 atom stereocenters. The van der Waals surface area contributed by atoms with Gasteiger partial charge in [0.2, 0.25) is 49.1 Å². The molecule has 25 nitrogen and oxygen atoms in total. The molecule has 33 heteroatoms. The summed E-state index contributed by atoms with van der Waals surface area (Å²) in [7, 11) is -7.43. The summed E-state index contributed by atoms with van der Waals surface area (Å²) in [5, 5.41) is 42.6. The highest BCUT2D eigenvalue weighted by Gasteiger charge is 2.25. The normalized spacial score (nSPS) is 11.5. The van der Waals surface area contributed by atoms with Crippen LogP contribution in [0.1, 0.15) is 86.3 Å². The summed E-state index contributed by atoms with van der Waals surface area (Å²) in [6, 6.07) is 46.4. The number of anilines is 5. The van der Waals surface area contributed by atoms with Gasteiger partial charge in [0.05, 0.1) is 95.4 Å². The van der Waals surface area contributed by atoms with E-state index < -0.39 is 78.8 Å². The number of nitriles is 3. The molecule has 0 aliphatic heterocycles. The summed E-state index contributed by atoms with van der Waals surface area (Å²) < 4.78 is 143. The van der Waals surface area contributed by atoms with Gasteiger partial charge in [-0.1, -0.05) is 56.3 Å². The zero-order chi connectivity index (χ0) is 76.6. The SMILES string of the molecule is CCCN(CCC)C(=O)c1cc(C)cc(C(=O)N[C@@H](Cc2cc(F)cc(F)c2)[C@H](O)CNCc2cccc(N(C)S(C)(=O)=O)c2)c1.CN(c1cccc(C#N)c1)S(C)(=O)=O.CN(c1cccc(CN)c1)S(C)(=O)=O.CS(=O)(=O)Cl.CS(=O)(=O)Nc1cccc(C#N)c1.N#Cc1cccc(N)c1. The van der Waals surface area contributed by atoms with Crippen LogP contribution in [-0.2, 0) is 68.7 Å². The maximum absolute atomic E-state index is 14.0. The number of aryl methyl sites for hydroxylation is 1. The van der Waals surface area contributed by atoms with E-state index in [9.17, 15) is 65.6 Å². The quantitative estimate of drug-likeness (QED) is 0.0260. The first-order chi connectivity index (χ1) is 46.9. The van der Waals surface area contributed by atoms with E-state index in [-0.39, 0.29) is 36.5 Å². The van der Waals surface area contributed by atoms with E-state index in [1.54, 1.807) is 127 Å². The Kier molecular flexibility index (Phi) is 36.1. The first-order valence-corrected chi connectivity index (χ1v) is 40.5. The van der Waals surface area contributed by atoms with Crippen LogP contribution < -0.4 is 39.7 Å². The van der Waals surface area contributed by atoms with Crippen molar-refractivity contribution in [2.24, 2.45) is 5.73 Å². The molecule has 7 rings (SSSR count). The molecule has 546 valence electrons. The third kappa shape index (κ3) is 34.6. The van der Waals surface area contributed by atoms with Crippen molar-refractivity contribution in [1.29, 1.82) is 15.8 Å². The number of carbonyl (C=O) groups is 2. The number of aliphatic hydroxyl groups excluding tert-OH is 1. The molecular weight excluding hydrogens is 1430 g/mol. The fourth-order valence-corrected chi connectivity index (χ4v) is 10.7. The zero-order valence-electron chi connectivity index (χ0n) is 57.6. The highest BCUT2D eigenvalue weighted by Crippen LogP contribution is 2.21. The van der Waals surface area contributed by atoms with E-state index in [0.717, 1.165) is 75.8 Å². The Bertz CT molecular complexity index is 4620. The fourth-order valence-electron chi connectivity index (χ4n) is 8.66. The van der Waals surface area contributed by atoms with Gasteiger partial charge in [0, 0.05) is 93.1 Å². The summed E-state index contributed by atoms with van der Waals surface area (Å²) in [5.74, 6) is -2.29. The van der Waals surface area contributed by atoms with Crippen molar-refractivity contribution in [3.8, 4) is 18.2 Å². The summed E-state index contributed by atoms with van der Waals surface area (Å²) >= 11 is 0. The lowest BCUT2D eigenvalue weighted by Gasteiger charge is -2.26. The lowest BCUT2D eigenvalue weighted by molar-refractivity contribution is 0.0755. The number of nitrogen functional groups attached to an aromatic ring is 1. The number of rotatable bonds is 23. The third-order valence-corrected chi connectivity index (χ3v) is 17.9. The molecule has 7 aromatic rings. The van der Waals surface area contributed by atoms with Gasteiger partial charge in [-0.25, -0.2) is 50.9 Å². The third-order valence-electron chi connectivity index (χ3n) is 13.6. The predicted octanol–water partition coefficient (Wildman–Crippen LogP) is 8.17. The van der Waals surface area contributed by atoms with Gasteiger partial charge < -0.3 is 32.1 Å². The van der Waals surface area contributed by atoms with Crippen LogP contribution in [0.4, 0.5) is 37.2 Å². The van der Waals surface area contributed by atoms with Gasteiger partial charge in [0.15, 0.2) is 0 Å². The summed E-state index contributed by atoms with van der Waals surface area (Å²) in [6.45, 7) is 7.62. The van der Waals surface area contributed by atoms with Gasteiger partial charge in [0.25, 0.3) is 11.8 Å². The topological polar surface area (TPSA) is 398 Å². The molecule has 7 aromatic carbocycles. The number of nitrogens with zero attached hydrogens (tertiary/aromatic N) is 7. The van der Waals surface area contributed by atoms with Gasteiger partial charge >= 0.3 is 0 Å². The Balaban J connectivity index is 0.000000504. The van der Waals surface area contributed by atoms with Crippen LogP contribution in [0.25, 0.3) is 0 Å². The number of hydrogen-bond donors (Lipinski definition) is 6. The van der Waals surface area contributed by atoms with Crippen LogP contribution in [0.2, 0.25) is 0 Å². The molecule has 0 radical (unpaired) electrons. The molecule has 101 heavy (non-hydrogen) atoms. The number of nitrogens with two attached hydrogens (primary N) is 2. The summed E-state index contributed by atoms with van der Waals surface area (Å²) in [6.07, 6.45) is 5.71. The van der Waals surface area contributed by atoms with Crippen LogP contribution in [-0.4, -0.2) is 148 Å². The van der Waals surface area contributed by atoms with Gasteiger partial charge in [-0.2, -0.15) is 15.8 Å². The molecule has 0 aliphatic carbocycles. The maximum atomic E-state index is 14.0. The minimum absolute atomic E-state index is 0.00453. The Hall–Kier alpha value is -9.27. The lowest BCUT2D eigenvalue weighted by Crippen LogP contribution is -2.48. The van der Waals surface area contributed by atoms with Crippen molar-refractivity contribution in [1.82, 2.24) is 15.5 Å². The van der Waals surface area contributed by atoms with Crippen molar-refractivity contribution >= 4 is 100 Å². The Morgan fingerprint density at radius 1 is 0.574 bits per heavy atom. The summed E-state index contributed by atoms with van der Waals surface area (Å²) in [5.41, 5.74) is 18.2. The minimum atomic E-state index is -3.45. The molecule has 2 amide bonds. The van der Waals surface area contributed by atoms with E-state index in [2.05, 4.69) is 26.0 Å². The standard InChI is InChI=1S/C34H44F2N4O5S.C9H14N2O2S.C9H10N2O2S.C8H8N2O2S.C7H6N2.CH3ClO2S/c1-6-11-40(12-7-2)34(43)27-14-23(3)13-26(19-27)33(42)38-31(18-25-15-28(35)20-29(36)16-25)32(41)22-37-21-24-9-8-10-30(17-24)39(4)46(5,44)45;2*1-11(14(2,12)13)9-5-3-4-8(6-9)7-10;1-13(11,12)10-8-4-2-3-7(5-8)6-9;8-5-6-2-1-3-7(9)4-6;1-5(2,3)4/h8-10,13-17,19-20,31-32,37,41H,6-7,11-12,18,21-22H2,1-5H3,(H,38,42);3-6H,7,10H2,1-2H3;3-6H,1-2H3;2-5,10H,1H3;1-4H,9H2;1H3/t31-,32+;;;;;/m0...../s1. The summed E-state index contributed by atoms with van der Waals surface area (Å²) in [4.78, 5) is 28.6. The van der Waals surface area contributed by atoms with Gasteiger partial charge in [0.1, 0.15) is 11.6 Å². The second kappa shape index (κ2) is 41.5. The van der Waals surface area contributed by atoms with E-state index in [0.29, 0.717) is 75.9 Å². The van der Waals surface area contributed by atoms with Gasteiger partial charge in [-0.05, 0) is 158 Å². The van der Waals surface area contributed by atoms with Crippen molar-refractivity contribution in [3.63, 3.8) is 0 Å². The largest absolute Gasteiger partial charge is 0.399 e. The van der Waals surface area contributed by atoms with Gasteiger partial charge in [-0.15, -0.1) is 0 Å². The monoisotopic (exact) mass is 1510 g/mol. The number of sulfonamides is 4. The molecule has 0 heterocycles. The Labute approximate surface area is 597 Å². The molecule has 0 spiro atoms.